The van der Waals surface area contributed by atoms with Crippen LogP contribution in [0.1, 0.15) is 66.9 Å². The van der Waals surface area contributed by atoms with Crippen molar-refractivity contribution in [3.63, 3.8) is 0 Å². The molecule has 0 saturated heterocycles. The Kier molecular flexibility index (Phi) is 9.94. The number of hydrogen-bond acceptors (Lipinski definition) is 8. The molecule has 0 atom stereocenters. The maximum Gasteiger partial charge on any atom is 0.252 e. The molecule has 1 saturated carbocycles. The van der Waals surface area contributed by atoms with Crippen LogP contribution in [0.4, 0.5) is 11.8 Å². The summed E-state index contributed by atoms with van der Waals surface area (Å²) in [5.74, 6) is 2.74. The zero-order chi connectivity index (χ0) is 33.8. The number of nitrogens with zero attached hydrogens (tertiary/aromatic N) is 4. The number of hydrogen-bond donors (Lipinski definition) is 2. The number of carbonyl (C=O) groups excluding carboxylic acids is 1. The van der Waals surface area contributed by atoms with Gasteiger partial charge in [0, 0.05) is 42.5 Å². The minimum Gasteiger partial charge on any atom is -0.493 e. The van der Waals surface area contributed by atoms with Crippen LogP contribution in [0.25, 0.3) is 33.1 Å². The Hall–Kier alpha value is -4.92. The molecule has 1 amide bonds. The van der Waals surface area contributed by atoms with Gasteiger partial charge in [0.25, 0.3) is 5.91 Å². The van der Waals surface area contributed by atoms with E-state index in [1.807, 2.05) is 61.5 Å². The minimum atomic E-state index is -0.0685. The van der Waals surface area contributed by atoms with E-state index in [1.165, 1.54) is 5.56 Å². The number of unbranched alkanes of at least 4 members (excludes halogenated alkanes) is 1. The molecule has 2 heterocycles. The van der Waals surface area contributed by atoms with Crippen molar-refractivity contribution in [2.75, 3.05) is 38.5 Å². The predicted molar refractivity (Wildman–Crippen MR) is 195 cm³/mol. The molecule has 1 aliphatic rings. The van der Waals surface area contributed by atoms with Crippen LogP contribution in [-0.4, -0.2) is 61.3 Å². The number of aryl methyl sites for hydroxylation is 2. The van der Waals surface area contributed by atoms with Gasteiger partial charge >= 0.3 is 0 Å². The highest BCUT2D eigenvalue weighted by molar-refractivity contribution is 6.08. The number of para-hydroxylation sites is 1. The van der Waals surface area contributed by atoms with E-state index < -0.39 is 0 Å². The highest BCUT2D eigenvalue weighted by Gasteiger charge is 2.25. The second-order valence-corrected chi connectivity index (χ2v) is 13.0. The third-order valence-electron chi connectivity index (χ3n) is 9.31. The Bertz CT molecular complexity index is 1930. The highest BCUT2D eigenvalue weighted by atomic mass is 16.5. The Morgan fingerprint density at radius 2 is 1.62 bits per heavy atom. The third kappa shape index (κ3) is 7.00. The van der Waals surface area contributed by atoms with E-state index in [2.05, 4.69) is 42.7 Å². The maximum absolute atomic E-state index is 14.1. The average Bonchev–Trinajstić information content (AvgIpc) is 3.10. The van der Waals surface area contributed by atoms with E-state index in [0.29, 0.717) is 23.0 Å². The van der Waals surface area contributed by atoms with E-state index >= 15 is 0 Å². The van der Waals surface area contributed by atoms with Gasteiger partial charge in [0.15, 0.2) is 11.5 Å². The summed E-state index contributed by atoms with van der Waals surface area (Å²) in [5, 5.41) is 8.89. The van der Waals surface area contributed by atoms with Gasteiger partial charge < -0.3 is 25.0 Å². The van der Waals surface area contributed by atoms with E-state index in [1.54, 1.807) is 14.2 Å². The monoisotopic (exact) mass is 646 g/mol. The first-order chi connectivity index (χ1) is 23.3. The first kappa shape index (κ1) is 33.0. The van der Waals surface area contributed by atoms with Crippen LogP contribution in [0.5, 0.6) is 11.5 Å². The van der Waals surface area contributed by atoms with Crippen molar-refractivity contribution in [2.24, 2.45) is 0 Å². The van der Waals surface area contributed by atoms with E-state index in [-0.39, 0.29) is 18.0 Å². The molecule has 0 bridgehead atoms. The molecule has 2 N–H and O–H groups in total. The molecule has 48 heavy (non-hydrogen) atoms. The fourth-order valence-electron chi connectivity index (χ4n) is 6.72. The molecule has 1 fully saturated rings. The molecule has 0 unspecified atom stereocenters. The van der Waals surface area contributed by atoms with Crippen molar-refractivity contribution in [3.8, 4) is 22.8 Å². The van der Waals surface area contributed by atoms with Gasteiger partial charge in [-0.1, -0.05) is 31.5 Å². The number of benzene rings is 3. The highest BCUT2D eigenvalue weighted by Crippen LogP contribution is 2.35. The number of carbonyl (C=O) groups is 1. The second-order valence-electron chi connectivity index (χ2n) is 13.0. The SMILES string of the molecule is CCCCc1cc(C)c2nc(-c3ccc(OC)c(OC)c3)cc(C(=O)N[C@H]3CC[C@@H](Nc4nc(N(C)C)c5ccccc5n4)CC3)c2c1. The number of amides is 1. The summed E-state index contributed by atoms with van der Waals surface area (Å²) in [5.41, 5.74) is 6.29. The molecule has 5 aromatic rings. The van der Waals surface area contributed by atoms with E-state index in [9.17, 15) is 4.79 Å². The zero-order valence-corrected chi connectivity index (χ0v) is 28.9. The lowest BCUT2D eigenvalue weighted by Gasteiger charge is -2.30. The molecule has 2 aromatic heterocycles. The Labute approximate surface area is 283 Å². The van der Waals surface area contributed by atoms with Crippen molar-refractivity contribution in [1.29, 1.82) is 0 Å². The number of anilines is 2. The lowest BCUT2D eigenvalue weighted by molar-refractivity contribution is 0.0928. The fourth-order valence-corrected chi connectivity index (χ4v) is 6.72. The topological polar surface area (TPSA) is 102 Å². The Balaban J connectivity index is 1.23. The van der Waals surface area contributed by atoms with E-state index in [4.69, 9.17) is 24.4 Å². The van der Waals surface area contributed by atoms with Gasteiger partial charge in [0.05, 0.1) is 36.5 Å². The summed E-state index contributed by atoms with van der Waals surface area (Å²) < 4.78 is 11.0. The third-order valence-corrected chi connectivity index (χ3v) is 9.31. The van der Waals surface area contributed by atoms with Crippen molar-refractivity contribution in [3.05, 3.63) is 77.4 Å². The van der Waals surface area contributed by atoms with Gasteiger partial charge in [-0.2, -0.15) is 4.98 Å². The number of rotatable bonds is 11. The van der Waals surface area contributed by atoms with E-state index in [0.717, 1.165) is 89.4 Å². The molecule has 9 heteroatoms. The molecule has 6 rings (SSSR count). The number of aromatic nitrogens is 3. The number of nitrogens with one attached hydrogen (secondary N) is 2. The minimum absolute atomic E-state index is 0.0685. The fraction of sp³-hybridized carbons (Fsp3) is 0.385. The maximum atomic E-state index is 14.1. The van der Waals surface area contributed by atoms with Crippen LogP contribution in [0.2, 0.25) is 0 Å². The number of methoxy groups -OCH3 is 2. The van der Waals surface area contributed by atoms with Gasteiger partial charge in [0.2, 0.25) is 5.95 Å². The summed E-state index contributed by atoms with van der Waals surface area (Å²) in [4.78, 5) is 30.9. The summed E-state index contributed by atoms with van der Waals surface area (Å²) in [6.45, 7) is 4.28. The quantitative estimate of drug-likeness (QED) is 0.150. The first-order valence-corrected chi connectivity index (χ1v) is 17.0. The van der Waals surface area contributed by atoms with Gasteiger partial charge in [-0.05, 0) is 99.0 Å². The van der Waals surface area contributed by atoms with Crippen LogP contribution in [0.3, 0.4) is 0 Å². The molecule has 9 nitrogen and oxygen atoms in total. The van der Waals surface area contributed by atoms with Crippen LogP contribution < -0.4 is 25.0 Å². The smallest absolute Gasteiger partial charge is 0.252 e. The number of fused-ring (bicyclic) bond motifs is 2. The normalized spacial score (nSPS) is 16.1. The molecule has 250 valence electrons. The number of ether oxygens (including phenoxy) is 2. The standard InChI is InChI=1S/C39H46N6O3/c1-7-8-11-25-20-24(2)36-30(21-25)31(23-33(42-36)26-14-19-34(47-5)35(22-26)48-6)38(46)40-27-15-17-28(18-16-27)41-39-43-32-13-10-9-12-29(32)37(44-39)45(3)4/h9-10,12-14,19-23,27-28H,7-8,11,15-18H2,1-6H3,(H,40,46)(H,41,43,44)/t27-,28+. The molecule has 0 radical (unpaired) electrons. The Morgan fingerprint density at radius 1 is 0.875 bits per heavy atom. The zero-order valence-electron chi connectivity index (χ0n) is 28.9. The molecule has 0 aliphatic heterocycles. The van der Waals surface area contributed by atoms with Gasteiger partial charge in [-0.3, -0.25) is 4.79 Å². The summed E-state index contributed by atoms with van der Waals surface area (Å²) >= 11 is 0. The van der Waals surface area contributed by atoms with Crippen LogP contribution in [0.15, 0.2) is 60.7 Å². The van der Waals surface area contributed by atoms with Crippen molar-refractivity contribution < 1.29 is 14.3 Å². The molecular weight excluding hydrogens is 600 g/mol. The Morgan fingerprint density at radius 3 is 2.35 bits per heavy atom. The molecule has 0 spiro atoms. The lowest BCUT2D eigenvalue weighted by atomic mass is 9.90. The van der Waals surface area contributed by atoms with Crippen LogP contribution in [0, 0.1) is 6.92 Å². The second kappa shape index (κ2) is 14.5. The predicted octanol–water partition coefficient (Wildman–Crippen LogP) is 7.73. The summed E-state index contributed by atoms with van der Waals surface area (Å²) in [6, 6.07) is 20.4. The number of pyridine rings is 1. The van der Waals surface area contributed by atoms with Crippen LogP contribution in [-0.2, 0) is 6.42 Å². The largest absolute Gasteiger partial charge is 0.493 e. The molecular formula is C39H46N6O3. The van der Waals surface area contributed by atoms with Crippen molar-refractivity contribution >= 4 is 39.5 Å². The summed E-state index contributed by atoms with van der Waals surface area (Å²) in [7, 11) is 7.25. The molecule has 3 aromatic carbocycles. The van der Waals surface area contributed by atoms with Crippen molar-refractivity contribution in [1.82, 2.24) is 20.3 Å². The van der Waals surface area contributed by atoms with Gasteiger partial charge in [-0.25, -0.2) is 9.97 Å². The first-order valence-electron chi connectivity index (χ1n) is 17.0. The van der Waals surface area contributed by atoms with Gasteiger partial charge in [0.1, 0.15) is 5.82 Å². The lowest BCUT2D eigenvalue weighted by Crippen LogP contribution is -2.40. The van der Waals surface area contributed by atoms with Crippen LogP contribution >= 0.6 is 0 Å². The van der Waals surface area contributed by atoms with Crippen molar-refractivity contribution in [2.45, 2.75) is 70.9 Å². The molecule has 1 aliphatic carbocycles. The summed E-state index contributed by atoms with van der Waals surface area (Å²) in [6.07, 6.45) is 6.73. The average molecular weight is 647 g/mol. The van der Waals surface area contributed by atoms with Gasteiger partial charge in [-0.15, -0.1) is 0 Å².